The van der Waals surface area contributed by atoms with Gasteiger partial charge in [0.2, 0.25) is 0 Å². The summed E-state index contributed by atoms with van der Waals surface area (Å²) >= 11 is 1.45. The predicted octanol–water partition coefficient (Wildman–Crippen LogP) is 2.63. The minimum Gasteiger partial charge on any atom is -0.269 e. The van der Waals surface area contributed by atoms with Crippen molar-refractivity contribution in [2.75, 3.05) is 0 Å². The minimum atomic E-state index is -0.0133. The van der Waals surface area contributed by atoms with Crippen LogP contribution in [0.15, 0.2) is 40.9 Å². The summed E-state index contributed by atoms with van der Waals surface area (Å²) in [5.41, 5.74) is 2.38. The van der Waals surface area contributed by atoms with E-state index in [1.165, 1.54) is 11.3 Å². The third-order valence-electron chi connectivity index (χ3n) is 2.87. The van der Waals surface area contributed by atoms with Gasteiger partial charge in [0.25, 0.3) is 5.56 Å². The molecular weight excluding hydrogens is 258 g/mol. The molecule has 4 nitrogen and oxygen atoms in total. The Hall–Kier alpha value is -2.27. The second-order valence-corrected chi connectivity index (χ2v) is 4.97. The Balaban J connectivity index is 2.08. The monoisotopic (exact) mass is 269 g/mol. The third-order valence-corrected chi connectivity index (χ3v) is 3.63. The van der Waals surface area contributed by atoms with Gasteiger partial charge in [-0.05, 0) is 30.7 Å². The number of hydrogen-bond acceptors (Lipinski definition) is 4. The molecule has 0 aliphatic carbocycles. The smallest absolute Gasteiger partial charge is 0.262 e. The molecule has 0 aliphatic heterocycles. The first-order valence-electron chi connectivity index (χ1n) is 5.80. The van der Waals surface area contributed by atoms with E-state index in [1.54, 1.807) is 29.9 Å². The molecule has 5 heteroatoms. The Morgan fingerprint density at radius 2 is 2.05 bits per heavy atom. The summed E-state index contributed by atoms with van der Waals surface area (Å²) in [5.74, 6) is 0. The van der Waals surface area contributed by atoms with Gasteiger partial charge in [0.1, 0.15) is 0 Å². The maximum absolute atomic E-state index is 12.1. The molecule has 3 heterocycles. The van der Waals surface area contributed by atoms with Crippen LogP contribution in [0.3, 0.4) is 0 Å². The SMILES string of the molecule is Cc1c(C=Cc2ccncc2)nc2sccn2c1=O. The third kappa shape index (κ3) is 2.20. The number of rotatable bonds is 2. The summed E-state index contributed by atoms with van der Waals surface area (Å²) in [5, 5.41) is 1.86. The highest BCUT2D eigenvalue weighted by Gasteiger charge is 2.06. The number of thiazole rings is 1. The molecule has 0 N–H and O–H groups in total. The van der Waals surface area contributed by atoms with Crippen molar-refractivity contribution in [2.45, 2.75) is 6.92 Å². The topological polar surface area (TPSA) is 47.3 Å². The van der Waals surface area contributed by atoms with Gasteiger partial charge >= 0.3 is 0 Å². The van der Waals surface area contributed by atoms with E-state index >= 15 is 0 Å². The maximum Gasteiger partial charge on any atom is 0.262 e. The van der Waals surface area contributed by atoms with Crippen LogP contribution in [0.1, 0.15) is 16.8 Å². The lowest BCUT2D eigenvalue weighted by molar-refractivity contribution is 1.03. The zero-order chi connectivity index (χ0) is 13.2. The molecule has 0 amide bonds. The number of aromatic nitrogens is 3. The summed E-state index contributed by atoms with van der Waals surface area (Å²) < 4.78 is 1.57. The molecule has 0 aromatic carbocycles. The van der Waals surface area contributed by atoms with Gasteiger partial charge in [0.15, 0.2) is 4.96 Å². The highest BCUT2D eigenvalue weighted by Crippen LogP contribution is 2.12. The lowest BCUT2D eigenvalue weighted by atomic mass is 10.2. The van der Waals surface area contributed by atoms with Crippen LogP contribution in [0, 0.1) is 6.92 Å². The first kappa shape index (κ1) is 11.8. The van der Waals surface area contributed by atoms with E-state index < -0.39 is 0 Å². The van der Waals surface area contributed by atoms with Crippen molar-refractivity contribution in [3.8, 4) is 0 Å². The van der Waals surface area contributed by atoms with Crippen LogP contribution in [0.25, 0.3) is 17.1 Å². The summed E-state index contributed by atoms with van der Waals surface area (Å²) in [6.45, 7) is 1.80. The second-order valence-electron chi connectivity index (χ2n) is 4.10. The van der Waals surface area contributed by atoms with Crippen molar-refractivity contribution in [1.82, 2.24) is 14.4 Å². The van der Waals surface area contributed by atoms with Crippen LogP contribution < -0.4 is 5.56 Å². The van der Waals surface area contributed by atoms with Crippen LogP contribution in [-0.2, 0) is 0 Å². The molecule has 0 bridgehead atoms. The van der Waals surface area contributed by atoms with Crippen molar-refractivity contribution in [2.24, 2.45) is 0 Å². The van der Waals surface area contributed by atoms with Crippen molar-refractivity contribution in [3.05, 3.63) is 63.3 Å². The first-order valence-corrected chi connectivity index (χ1v) is 6.68. The maximum atomic E-state index is 12.1. The number of fused-ring (bicyclic) bond motifs is 1. The zero-order valence-electron chi connectivity index (χ0n) is 10.3. The van der Waals surface area contributed by atoms with E-state index in [2.05, 4.69) is 9.97 Å². The molecule has 0 saturated heterocycles. The molecule has 3 aromatic heterocycles. The van der Waals surface area contributed by atoms with E-state index in [0.29, 0.717) is 16.2 Å². The quantitative estimate of drug-likeness (QED) is 0.718. The standard InChI is InChI=1S/C14H11N3OS/c1-10-12(3-2-11-4-6-15-7-5-11)16-14-17(13(10)18)8-9-19-14/h2-9H,1H3. The fourth-order valence-corrected chi connectivity index (χ4v) is 2.51. The molecule has 0 fully saturated rings. The Kier molecular flexibility index (Phi) is 2.97. The summed E-state index contributed by atoms with van der Waals surface area (Å²) in [4.78, 5) is 21.3. The Labute approximate surface area is 113 Å². The van der Waals surface area contributed by atoms with Gasteiger partial charge in [-0.15, -0.1) is 11.3 Å². The van der Waals surface area contributed by atoms with Gasteiger partial charge in [-0.1, -0.05) is 6.08 Å². The van der Waals surface area contributed by atoms with Gasteiger partial charge < -0.3 is 0 Å². The van der Waals surface area contributed by atoms with E-state index in [4.69, 9.17) is 0 Å². The molecule has 0 spiro atoms. The molecule has 3 rings (SSSR count). The molecule has 94 valence electrons. The minimum absolute atomic E-state index is 0.0133. The van der Waals surface area contributed by atoms with Crippen LogP contribution in [0.2, 0.25) is 0 Å². The summed E-state index contributed by atoms with van der Waals surface area (Å²) in [6, 6.07) is 3.81. The van der Waals surface area contributed by atoms with Crippen molar-refractivity contribution in [1.29, 1.82) is 0 Å². The number of nitrogens with zero attached hydrogens (tertiary/aromatic N) is 3. The molecule has 3 aromatic rings. The van der Waals surface area contributed by atoms with Gasteiger partial charge in [-0.2, -0.15) is 0 Å². The summed E-state index contributed by atoms with van der Waals surface area (Å²) in [6.07, 6.45) is 9.01. The average molecular weight is 269 g/mol. The van der Waals surface area contributed by atoms with Crippen molar-refractivity contribution < 1.29 is 0 Å². The Morgan fingerprint density at radius 1 is 1.26 bits per heavy atom. The molecule has 0 atom stereocenters. The molecular formula is C14H11N3OS. The van der Waals surface area contributed by atoms with Gasteiger partial charge in [0, 0.05) is 29.5 Å². The fourth-order valence-electron chi connectivity index (χ4n) is 1.80. The molecule has 0 unspecified atom stereocenters. The van der Waals surface area contributed by atoms with Gasteiger partial charge in [0.05, 0.1) is 5.69 Å². The van der Waals surface area contributed by atoms with Crippen LogP contribution >= 0.6 is 11.3 Å². The lowest BCUT2D eigenvalue weighted by Crippen LogP contribution is -2.17. The first-order chi connectivity index (χ1) is 9.25. The fraction of sp³-hybridized carbons (Fsp3) is 0.0714. The van der Waals surface area contributed by atoms with E-state index in [9.17, 15) is 4.79 Å². The lowest BCUT2D eigenvalue weighted by Gasteiger charge is -2.00. The van der Waals surface area contributed by atoms with E-state index in [1.807, 2.05) is 29.7 Å². The molecule has 0 radical (unpaired) electrons. The highest BCUT2D eigenvalue weighted by atomic mass is 32.1. The Morgan fingerprint density at radius 3 is 2.84 bits per heavy atom. The van der Waals surface area contributed by atoms with Crippen LogP contribution in [0.4, 0.5) is 0 Å². The van der Waals surface area contributed by atoms with Crippen LogP contribution in [-0.4, -0.2) is 14.4 Å². The van der Waals surface area contributed by atoms with E-state index in [-0.39, 0.29) is 5.56 Å². The van der Waals surface area contributed by atoms with Crippen molar-refractivity contribution >= 4 is 28.4 Å². The number of hydrogen-bond donors (Lipinski definition) is 0. The molecule has 0 aliphatic rings. The summed E-state index contributed by atoms with van der Waals surface area (Å²) in [7, 11) is 0. The normalized spacial score (nSPS) is 11.4. The zero-order valence-corrected chi connectivity index (χ0v) is 11.1. The highest BCUT2D eigenvalue weighted by molar-refractivity contribution is 7.15. The number of pyridine rings is 1. The van der Waals surface area contributed by atoms with Gasteiger partial charge in [-0.3, -0.25) is 14.2 Å². The van der Waals surface area contributed by atoms with E-state index in [0.717, 1.165) is 5.56 Å². The predicted molar refractivity (Wildman–Crippen MR) is 77.2 cm³/mol. The Bertz CT molecular complexity index is 802. The molecule has 19 heavy (non-hydrogen) atoms. The van der Waals surface area contributed by atoms with Crippen LogP contribution in [0.5, 0.6) is 0 Å². The molecule has 0 saturated carbocycles. The van der Waals surface area contributed by atoms with Crippen molar-refractivity contribution in [3.63, 3.8) is 0 Å². The van der Waals surface area contributed by atoms with Gasteiger partial charge in [-0.25, -0.2) is 4.98 Å². The largest absolute Gasteiger partial charge is 0.269 e. The second kappa shape index (κ2) is 4.78. The average Bonchev–Trinajstić information content (AvgIpc) is 2.91.